The summed E-state index contributed by atoms with van der Waals surface area (Å²) in [5, 5.41) is 8.75. The van der Waals surface area contributed by atoms with E-state index in [1.807, 2.05) is 0 Å². The molecule has 0 aromatic carbocycles. The number of aryl methyl sites for hydroxylation is 1. The third-order valence-electron chi connectivity index (χ3n) is 1.98. The molecule has 0 spiro atoms. The number of carbonyl (C=O) groups is 1. The van der Waals surface area contributed by atoms with Gasteiger partial charge in [0, 0.05) is 6.42 Å². The minimum absolute atomic E-state index is 0.302. The Bertz CT molecular complexity index is 275. The summed E-state index contributed by atoms with van der Waals surface area (Å²) >= 11 is 0. The number of carboxylic acid groups (broad SMARTS) is 1. The molecule has 0 aliphatic heterocycles. The van der Waals surface area contributed by atoms with Crippen LogP contribution in [0.15, 0.2) is 16.7 Å². The third kappa shape index (κ3) is 2.61. The van der Waals surface area contributed by atoms with Gasteiger partial charge in [0.25, 0.3) is 0 Å². The molecule has 0 radical (unpaired) electrons. The first-order chi connectivity index (χ1) is 6.25. The van der Waals surface area contributed by atoms with Crippen molar-refractivity contribution >= 4 is 5.97 Å². The van der Waals surface area contributed by atoms with Crippen molar-refractivity contribution in [2.24, 2.45) is 0 Å². The predicted octanol–water partition coefficient (Wildman–Crippen LogP) is 2.71. The number of furan rings is 1. The molecule has 0 unspecified atom stereocenters. The number of rotatable bonds is 5. The van der Waals surface area contributed by atoms with Crippen LogP contribution in [0.25, 0.3) is 0 Å². The number of hydrogen-bond donors (Lipinski definition) is 1. The van der Waals surface area contributed by atoms with Gasteiger partial charge in [-0.3, -0.25) is 0 Å². The Kier molecular flexibility index (Phi) is 3.55. The monoisotopic (exact) mass is 182 g/mol. The minimum atomic E-state index is -0.903. The zero-order valence-corrected chi connectivity index (χ0v) is 7.75. The van der Waals surface area contributed by atoms with Crippen LogP contribution in [0.3, 0.4) is 0 Å². The highest BCUT2D eigenvalue weighted by Gasteiger charge is 2.11. The Balaban J connectivity index is 2.55. The largest absolute Gasteiger partial charge is 0.478 e. The van der Waals surface area contributed by atoms with Crippen LogP contribution in [-0.2, 0) is 6.42 Å². The van der Waals surface area contributed by atoms with Crippen LogP contribution < -0.4 is 0 Å². The molecule has 0 saturated carbocycles. The van der Waals surface area contributed by atoms with E-state index in [1.54, 1.807) is 0 Å². The highest BCUT2D eigenvalue weighted by Crippen LogP contribution is 2.13. The molecule has 0 saturated heterocycles. The summed E-state index contributed by atoms with van der Waals surface area (Å²) in [6.45, 7) is 2.11. The molecular formula is C10H14O3. The molecule has 0 fully saturated rings. The van der Waals surface area contributed by atoms with Gasteiger partial charge in [0.1, 0.15) is 11.3 Å². The normalized spacial score (nSPS) is 10.2. The second kappa shape index (κ2) is 4.70. The zero-order valence-electron chi connectivity index (χ0n) is 7.75. The minimum Gasteiger partial charge on any atom is -0.478 e. The van der Waals surface area contributed by atoms with E-state index in [2.05, 4.69) is 6.92 Å². The molecule has 1 rings (SSSR count). The fourth-order valence-corrected chi connectivity index (χ4v) is 1.26. The summed E-state index contributed by atoms with van der Waals surface area (Å²) < 4.78 is 5.09. The molecular weight excluding hydrogens is 168 g/mol. The lowest BCUT2D eigenvalue weighted by Gasteiger charge is -1.97. The first kappa shape index (κ1) is 9.84. The third-order valence-corrected chi connectivity index (χ3v) is 1.98. The zero-order chi connectivity index (χ0) is 9.68. The Hall–Kier alpha value is -1.25. The Morgan fingerprint density at radius 3 is 2.92 bits per heavy atom. The number of unbranched alkanes of at least 4 members (excludes halogenated alkanes) is 2. The maximum atomic E-state index is 10.7. The maximum Gasteiger partial charge on any atom is 0.339 e. The van der Waals surface area contributed by atoms with E-state index in [9.17, 15) is 4.79 Å². The summed E-state index contributed by atoms with van der Waals surface area (Å²) in [6.07, 6.45) is 5.39. The molecule has 1 N–H and O–H groups in total. The van der Waals surface area contributed by atoms with Gasteiger partial charge < -0.3 is 9.52 Å². The van der Waals surface area contributed by atoms with E-state index in [4.69, 9.17) is 9.52 Å². The van der Waals surface area contributed by atoms with Crippen molar-refractivity contribution in [3.05, 3.63) is 23.7 Å². The van der Waals surface area contributed by atoms with E-state index in [1.165, 1.54) is 12.3 Å². The topological polar surface area (TPSA) is 50.4 Å². The number of aromatic carboxylic acids is 1. The van der Waals surface area contributed by atoms with Crippen molar-refractivity contribution in [3.8, 4) is 0 Å². The quantitative estimate of drug-likeness (QED) is 0.712. The van der Waals surface area contributed by atoms with Crippen LogP contribution in [0.4, 0.5) is 0 Å². The van der Waals surface area contributed by atoms with Crippen LogP contribution >= 0.6 is 0 Å². The van der Waals surface area contributed by atoms with Crippen LogP contribution in [-0.4, -0.2) is 11.1 Å². The van der Waals surface area contributed by atoms with E-state index >= 15 is 0 Å². The molecule has 3 nitrogen and oxygen atoms in total. The van der Waals surface area contributed by atoms with E-state index < -0.39 is 5.97 Å². The summed E-state index contributed by atoms with van der Waals surface area (Å²) in [6, 6.07) is 1.50. The highest BCUT2D eigenvalue weighted by atomic mass is 16.4. The average molecular weight is 182 g/mol. The van der Waals surface area contributed by atoms with Gasteiger partial charge in [-0.15, -0.1) is 0 Å². The molecule has 1 aromatic heterocycles. The molecule has 13 heavy (non-hydrogen) atoms. The fourth-order valence-electron chi connectivity index (χ4n) is 1.26. The average Bonchev–Trinajstić information content (AvgIpc) is 2.53. The van der Waals surface area contributed by atoms with Crippen LogP contribution in [0.2, 0.25) is 0 Å². The molecule has 0 aliphatic carbocycles. The van der Waals surface area contributed by atoms with Gasteiger partial charge in [0.2, 0.25) is 0 Å². The van der Waals surface area contributed by atoms with Gasteiger partial charge in [0.05, 0.1) is 6.26 Å². The molecule has 0 bridgehead atoms. The van der Waals surface area contributed by atoms with E-state index in [0.717, 1.165) is 25.7 Å². The lowest BCUT2D eigenvalue weighted by Crippen LogP contribution is -1.98. The summed E-state index contributed by atoms with van der Waals surface area (Å²) in [5.41, 5.74) is 0.302. The first-order valence-electron chi connectivity index (χ1n) is 4.55. The van der Waals surface area contributed by atoms with E-state index in [0.29, 0.717) is 11.3 Å². The van der Waals surface area contributed by atoms with Crippen LogP contribution in [0.1, 0.15) is 42.3 Å². The van der Waals surface area contributed by atoms with Crippen molar-refractivity contribution in [1.82, 2.24) is 0 Å². The van der Waals surface area contributed by atoms with Gasteiger partial charge in [-0.05, 0) is 12.5 Å². The molecule has 0 atom stereocenters. The Morgan fingerprint density at radius 1 is 1.54 bits per heavy atom. The molecule has 1 heterocycles. The van der Waals surface area contributed by atoms with Gasteiger partial charge in [0.15, 0.2) is 0 Å². The highest BCUT2D eigenvalue weighted by molar-refractivity contribution is 5.88. The van der Waals surface area contributed by atoms with Crippen LogP contribution in [0.5, 0.6) is 0 Å². The van der Waals surface area contributed by atoms with Gasteiger partial charge in [-0.25, -0.2) is 4.79 Å². The number of carboxylic acids is 1. The molecule has 1 aromatic rings. The molecule has 0 amide bonds. The van der Waals surface area contributed by atoms with Crippen molar-refractivity contribution < 1.29 is 14.3 Å². The predicted molar refractivity (Wildman–Crippen MR) is 48.9 cm³/mol. The standard InChI is InChI=1S/C10H14O3/c1-2-3-4-5-9-8(10(11)12)6-7-13-9/h6-7H,2-5H2,1H3,(H,11,12). The Labute approximate surface area is 77.4 Å². The second-order valence-corrected chi connectivity index (χ2v) is 3.02. The van der Waals surface area contributed by atoms with Crippen LogP contribution in [0, 0.1) is 0 Å². The van der Waals surface area contributed by atoms with Crippen molar-refractivity contribution in [1.29, 1.82) is 0 Å². The fraction of sp³-hybridized carbons (Fsp3) is 0.500. The lowest BCUT2D eigenvalue weighted by atomic mass is 10.1. The molecule has 72 valence electrons. The van der Waals surface area contributed by atoms with Gasteiger partial charge >= 0.3 is 5.97 Å². The van der Waals surface area contributed by atoms with Crippen molar-refractivity contribution in [2.75, 3.05) is 0 Å². The summed E-state index contributed by atoms with van der Waals surface area (Å²) in [5.74, 6) is -0.304. The molecule has 3 heteroatoms. The van der Waals surface area contributed by atoms with Gasteiger partial charge in [-0.1, -0.05) is 19.8 Å². The SMILES string of the molecule is CCCCCc1occc1C(=O)O. The van der Waals surface area contributed by atoms with Crippen molar-refractivity contribution in [2.45, 2.75) is 32.6 Å². The summed E-state index contributed by atoms with van der Waals surface area (Å²) in [4.78, 5) is 10.7. The van der Waals surface area contributed by atoms with Gasteiger partial charge in [-0.2, -0.15) is 0 Å². The molecule has 0 aliphatic rings. The first-order valence-corrected chi connectivity index (χ1v) is 4.55. The lowest BCUT2D eigenvalue weighted by molar-refractivity contribution is 0.0694. The smallest absolute Gasteiger partial charge is 0.339 e. The van der Waals surface area contributed by atoms with Crippen molar-refractivity contribution in [3.63, 3.8) is 0 Å². The second-order valence-electron chi connectivity index (χ2n) is 3.02. The summed E-state index contributed by atoms with van der Waals surface area (Å²) in [7, 11) is 0. The maximum absolute atomic E-state index is 10.7. The van der Waals surface area contributed by atoms with E-state index in [-0.39, 0.29) is 0 Å². The number of hydrogen-bond acceptors (Lipinski definition) is 2. The Morgan fingerprint density at radius 2 is 2.31 bits per heavy atom.